The van der Waals surface area contributed by atoms with Gasteiger partial charge in [-0.1, -0.05) is 54.1 Å². The van der Waals surface area contributed by atoms with Crippen LogP contribution in [0.15, 0.2) is 59.7 Å². The largest absolute Gasteiger partial charge is 0.324 e. The van der Waals surface area contributed by atoms with Gasteiger partial charge in [-0.3, -0.25) is 14.5 Å². The zero-order valence-electron chi connectivity index (χ0n) is 15.1. The first-order valence-corrected chi connectivity index (χ1v) is 9.07. The Balaban J connectivity index is 1.51. The minimum atomic E-state index is -0.228. The molecular formula is C20H21ClN4O2. The van der Waals surface area contributed by atoms with Crippen molar-refractivity contribution < 1.29 is 9.59 Å². The van der Waals surface area contributed by atoms with Crippen molar-refractivity contribution in [1.82, 2.24) is 9.91 Å². The summed E-state index contributed by atoms with van der Waals surface area (Å²) < 4.78 is 0. The molecule has 0 fully saturated rings. The molecule has 0 saturated heterocycles. The number of halogens is 1. The summed E-state index contributed by atoms with van der Waals surface area (Å²) in [5.74, 6) is -0.359. The van der Waals surface area contributed by atoms with Gasteiger partial charge in [0.2, 0.25) is 5.91 Å². The van der Waals surface area contributed by atoms with Gasteiger partial charge in [0.1, 0.15) is 0 Å². The van der Waals surface area contributed by atoms with Crippen LogP contribution in [-0.4, -0.2) is 54.1 Å². The molecule has 0 aliphatic carbocycles. The highest BCUT2D eigenvalue weighted by molar-refractivity contribution is 6.33. The van der Waals surface area contributed by atoms with Gasteiger partial charge in [0, 0.05) is 6.42 Å². The van der Waals surface area contributed by atoms with E-state index in [2.05, 4.69) is 10.4 Å². The van der Waals surface area contributed by atoms with Crippen LogP contribution in [0, 0.1) is 0 Å². The van der Waals surface area contributed by atoms with Gasteiger partial charge >= 0.3 is 0 Å². The van der Waals surface area contributed by atoms with E-state index >= 15 is 0 Å². The number of amides is 2. The maximum atomic E-state index is 12.5. The van der Waals surface area contributed by atoms with Gasteiger partial charge in [-0.2, -0.15) is 5.10 Å². The first-order valence-electron chi connectivity index (χ1n) is 8.69. The third-order valence-electron chi connectivity index (χ3n) is 4.16. The van der Waals surface area contributed by atoms with Crippen LogP contribution in [0.4, 0.5) is 5.69 Å². The highest BCUT2D eigenvalue weighted by Gasteiger charge is 2.23. The van der Waals surface area contributed by atoms with Crippen LogP contribution in [-0.2, 0) is 9.59 Å². The van der Waals surface area contributed by atoms with E-state index in [1.807, 2.05) is 30.3 Å². The Bertz CT molecular complexity index is 854. The van der Waals surface area contributed by atoms with Crippen LogP contribution in [0.2, 0.25) is 5.02 Å². The van der Waals surface area contributed by atoms with Gasteiger partial charge < -0.3 is 5.32 Å². The second-order valence-corrected chi connectivity index (χ2v) is 6.79. The Kier molecular flexibility index (Phi) is 6.21. The van der Waals surface area contributed by atoms with Gasteiger partial charge in [0.15, 0.2) is 0 Å². The molecule has 0 aromatic heterocycles. The summed E-state index contributed by atoms with van der Waals surface area (Å²) in [4.78, 5) is 26.3. The fourth-order valence-electron chi connectivity index (χ4n) is 2.84. The SMILES string of the molecule is CN(CC(=O)Nc1ccccc1Cl)CC(=O)N1CCC(c2ccccc2)=N1. The van der Waals surface area contributed by atoms with Crippen molar-refractivity contribution >= 4 is 34.8 Å². The Morgan fingerprint density at radius 1 is 1.11 bits per heavy atom. The third-order valence-corrected chi connectivity index (χ3v) is 4.49. The van der Waals surface area contributed by atoms with Crippen LogP contribution in [0.5, 0.6) is 0 Å². The fourth-order valence-corrected chi connectivity index (χ4v) is 3.02. The summed E-state index contributed by atoms with van der Waals surface area (Å²) in [6.45, 7) is 0.754. The molecular weight excluding hydrogens is 364 g/mol. The zero-order chi connectivity index (χ0) is 19.2. The number of rotatable bonds is 6. The zero-order valence-corrected chi connectivity index (χ0v) is 15.8. The maximum Gasteiger partial charge on any atom is 0.256 e. The van der Waals surface area contributed by atoms with Gasteiger partial charge in [0.05, 0.1) is 36.1 Å². The van der Waals surface area contributed by atoms with E-state index < -0.39 is 0 Å². The summed E-state index contributed by atoms with van der Waals surface area (Å²) in [6, 6.07) is 16.9. The average molecular weight is 385 g/mol. The molecule has 2 aromatic rings. The smallest absolute Gasteiger partial charge is 0.256 e. The Labute approximate surface area is 163 Å². The second-order valence-electron chi connectivity index (χ2n) is 6.38. The number of carbonyl (C=O) groups is 2. The minimum absolute atomic E-state index is 0.0834. The first kappa shape index (κ1) is 19.1. The molecule has 0 bridgehead atoms. The van der Waals surface area contributed by atoms with Gasteiger partial charge in [0.25, 0.3) is 5.91 Å². The molecule has 1 heterocycles. The van der Waals surface area contributed by atoms with Crippen LogP contribution >= 0.6 is 11.6 Å². The number of likely N-dealkylation sites (N-methyl/N-ethyl adjacent to an activating group) is 1. The van der Waals surface area contributed by atoms with Crippen molar-refractivity contribution in [1.29, 1.82) is 0 Å². The molecule has 0 radical (unpaired) electrons. The standard InChI is InChI=1S/C20H21ClN4O2/c1-24(13-19(26)22-18-10-6-5-9-16(18)21)14-20(27)25-12-11-17(23-25)15-7-3-2-4-8-15/h2-10H,11-14H2,1H3,(H,22,26). The minimum Gasteiger partial charge on any atom is -0.324 e. The Morgan fingerprint density at radius 3 is 2.56 bits per heavy atom. The molecule has 0 unspecified atom stereocenters. The molecule has 1 aliphatic rings. The molecule has 1 N–H and O–H groups in total. The topological polar surface area (TPSA) is 65.0 Å². The lowest BCUT2D eigenvalue weighted by Crippen LogP contribution is -2.38. The number of nitrogens with zero attached hydrogens (tertiary/aromatic N) is 3. The predicted molar refractivity (Wildman–Crippen MR) is 107 cm³/mol. The number of para-hydroxylation sites is 1. The molecule has 140 valence electrons. The number of carbonyl (C=O) groups excluding carboxylic acids is 2. The molecule has 2 amide bonds. The number of hydrogen-bond donors (Lipinski definition) is 1. The van der Waals surface area contributed by atoms with E-state index in [-0.39, 0.29) is 24.9 Å². The van der Waals surface area contributed by atoms with E-state index in [1.54, 1.807) is 36.2 Å². The van der Waals surface area contributed by atoms with Crippen molar-refractivity contribution in [3.63, 3.8) is 0 Å². The number of benzene rings is 2. The normalized spacial score (nSPS) is 13.6. The predicted octanol–water partition coefficient (Wildman–Crippen LogP) is 2.85. The van der Waals surface area contributed by atoms with Gasteiger partial charge in [-0.05, 0) is 24.7 Å². The lowest BCUT2D eigenvalue weighted by atomic mass is 10.1. The molecule has 0 saturated carbocycles. The summed E-state index contributed by atoms with van der Waals surface area (Å²) in [6.07, 6.45) is 0.729. The Hall–Kier alpha value is -2.70. The molecule has 27 heavy (non-hydrogen) atoms. The number of anilines is 1. The van der Waals surface area contributed by atoms with Crippen molar-refractivity contribution in [2.45, 2.75) is 6.42 Å². The van der Waals surface area contributed by atoms with E-state index in [4.69, 9.17) is 11.6 Å². The molecule has 6 nitrogen and oxygen atoms in total. The van der Waals surface area contributed by atoms with Gasteiger partial charge in [-0.15, -0.1) is 0 Å². The van der Waals surface area contributed by atoms with E-state index in [0.29, 0.717) is 17.3 Å². The van der Waals surface area contributed by atoms with Crippen molar-refractivity contribution in [2.24, 2.45) is 5.10 Å². The van der Waals surface area contributed by atoms with Crippen LogP contribution in [0.3, 0.4) is 0 Å². The molecule has 2 aromatic carbocycles. The number of nitrogens with one attached hydrogen (secondary N) is 1. The third kappa shape index (κ3) is 5.15. The van der Waals surface area contributed by atoms with Crippen LogP contribution < -0.4 is 5.32 Å². The van der Waals surface area contributed by atoms with E-state index in [0.717, 1.165) is 17.7 Å². The van der Waals surface area contributed by atoms with Crippen molar-refractivity contribution in [3.8, 4) is 0 Å². The quantitative estimate of drug-likeness (QED) is 0.832. The van der Waals surface area contributed by atoms with Crippen LogP contribution in [0.25, 0.3) is 0 Å². The lowest BCUT2D eigenvalue weighted by molar-refractivity contribution is -0.132. The molecule has 7 heteroatoms. The fraction of sp³-hybridized carbons (Fsp3) is 0.250. The van der Waals surface area contributed by atoms with Crippen molar-refractivity contribution in [3.05, 3.63) is 65.2 Å². The monoisotopic (exact) mass is 384 g/mol. The molecule has 1 aliphatic heterocycles. The number of hydrazone groups is 1. The highest BCUT2D eigenvalue weighted by Crippen LogP contribution is 2.20. The molecule has 0 atom stereocenters. The first-order chi connectivity index (χ1) is 13.0. The lowest BCUT2D eigenvalue weighted by Gasteiger charge is -2.18. The maximum absolute atomic E-state index is 12.5. The summed E-state index contributed by atoms with van der Waals surface area (Å²) >= 11 is 6.04. The highest BCUT2D eigenvalue weighted by atomic mass is 35.5. The summed E-state index contributed by atoms with van der Waals surface area (Å²) in [7, 11) is 1.72. The van der Waals surface area contributed by atoms with Crippen molar-refractivity contribution in [2.75, 3.05) is 32.0 Å². The Morgan fingerprint density at radius 2 is 1.81 bits per heavy atom. The van der Waals surface area contributed by atoms with E-state index in [1.165, 1.54) is 5.01 Å². The van der Waals surface area contributed by atoms with Crippen LogP contribution in [0.1, 0.15) is 12.0 Å². The second kappa shape index (κ2) is 8.79. The molecule has 3 rings (SSSR count). The summed E-state index contributed by atoms with van der Waals surface area (Å²) in [5, 5.41) is 9.13. The van der Waals surface area contributed by atoms with Gasteiger partial charge in [-0.25, -0.2) is 5.01 Å². The van der Waals surface area contributed by atoms with E-state index in [9.17, 15) is 9.59 Å². The molecule has 0 spiro atoms. The average Bonchev–Trinajstić information content (AvgIpc) is 3.14. The number of hydrogen-bond acceptors (Lipinski definition) is 4. The summed E-state index contributed by atoms with van der Waals surface area (Å²) in [5.41, 5.74) is 2.49.